The number of phenols is 2. The van der Waals surface area contributed by atoms with Gasteiger partial charge in [0.05, 0.1) is 12.2 Å². The third-order valence-electron chi connectivity index (χ3n) is 4.75. The fourth-order valence-corrected chi connectivity index (χ4v) is 3.45. The lowest BCUT2D eigenvalue weighted by molar-refractivity contribution is 0.0429. The van der Waals surface area contributed by atoms with Gasteiger partial charge in [0.1, 0.15) is 23.7 Å². The molecule has 138 valence electrons. The first-order chi connectivity index (χ1) is 11.9. The maximum absolute atomic E-state index is 12.4. The van der Waals surface area contributed by atoms with Gasteiger partial charge in [0.2, 0.25) is 0 Å². The van der Waals surface area contributed by atoms with Crippen LogP contribution in [0.15, 0.2) is 12.1 Å². The first-order valence-electron chi connectivity index (χ1n) is 8.98. The zero-order chi connectivity index (χ0) is 18.6. The largest absolute Gasteiger partial charge is 0.507 e. The van der Waals surface area contributed by atoms with E-state index in [9.17, 15) is 15.0 Å². The molecule has 1 aliphatic rings. The van der Waals surface area contributed by atoms with Gasteiger partial charge in [0, 0.05) is 0 Å². The molecule has 0 bridgehead atoms. The number of carbonyl (C=O) groups excluding carboxylic acids is 1. The van der Waals surface area contributed by atoms with E-state index >= 15 is 0 Å². The Kier molecular flexibility index (Phi) is 6.48. The van der Waals surface area contributed by atoms with E-state index in [4.69, 9.17) is 9.84 Å². The van der Waals surface area contributed by atoms with Crippen LogP contribution in [0.1, 0.15) is 61.5 Å². The van der Waals surface area contributed by atoms with E-state index in [0.717, 1.165) is 24.8 Å². The Hall–Kier alpha value is -2.01. The van der Waals surface area contributed by atoms with Crippen molar-refractivity contribution < 1.29 is 24.9 Å². The van der Waals surface area contributed by atoms with Crippen molar-refractivity contribution in [2.45, 2.75) is 46.5 Å². The molecule has 1 unspecified atom stereocenters. The van der Waals surface area contributed by atoms with Crippen molar-refractivity contribution in [2.24, 2.45) is 11.8 Å². The normalized spacial score (nSPS) is 20.2. The number of aryl methyl sites for hydroxylation is 1. The van der Waals surface area contributed by atoms with Crippen molar-refractivity contribution in [3.05, 3.63) is 28.8 Å². The molecular weight excluding hydrogens is 320 g/mol. The number of rotatable bonds is 6. The molecule has 1 aromatic rings. The molecule has 25 heavy (non-hydrogen) atoms. The van der Waals surface area contributed by atoms with Crippen LogP contribution in [-0.2, 0) is 11.2 Å². The van der Waals surface area contributed by atoms with E-state index in [2.05, 4.69) is 19.9 Å². The second-order valence-corrected chi connectivity index (χ2v) is 6.84. The highest BCUT2D eigenvalue weighted by atomic mass is 16.5. The summed E-state index contributed by atoms with van der Waals surface area (Å²) in [5.41, 5.74) is 1.85. The van der Waals surface area contributed by atoms with Crippen molar-refractivity contribution in [2.75, 3.05) is 13.2 Å². The molecule has 3 N–H and O–H groups in total. The highest BCUT2D eigenvalue weighted by molar-refractivity contribution is 5.97. The summed E-state index contributed by atoms with van der Waals surface area (Å²) >= 11 is 0. The van der Waals surface area contributed by atoms with Gasteiger partial charge in [0.25, 0.3) is 0 Å². The van der Waals surface area contributed by atoms with Crippen LogP contribution < -0.4 is 0 Å². The van der Waals surface area contributed by atoms with Crippen LogP contribution in [0, 0.1) is 11.8 Å². The van der Waals surface area contributed by atoms with Crippen molar-refractivity contribution in [3.8, 4) is 11.5 Å². The minimum atomic E-state index is -0.673. The van der Waals surface area contributed by atoms with Gasteiger partial charge in [-0.2, -0.15) is 0 Å². The minimum Gasteiger partial charge on any atom is -0.507 e. The number of esters is 1. The van der Waals surface area contributed by atoms with Gasteiger partial charge in [0.15, 0.2) is 0 Å². The Morgan fingerprint density at radius 2 is 2.00 bits per heavy atom. The Morgan fingerprint density at radius 3 is 2.64 bits per heavy atom. The average Bonchev–Trinajstić information content (AvgIpc) is 2.56. The molecule has 0 amide bonds. The highest BCUT2D eigenvalue weighted by Gasteiger charge is 2.28. The van der Waals surface area contributed by atoms with Crippen LogP contribution in [0.4, 0.5) is 0 Å². The molecule has 1 aliphatic carbocycles. The molecule has 0 radical (unpaired) electrons. The standard InChI is InChI=1S/C20H28O5/c1-4-5-14-11-16(22)18(15-10-12(2)6-7-13(15)3)19(23)17(14)20(24)25-9-8-21/h10-13,21-23H,4-9H2,1-3H3/t12?,13-/m1/s1. The van der Waals surface area contributed by atoms with Crippen molar-refractivity contribution in [1.29, 1.82) is 0 Å². The summed E-state index contributed by atoms with van der Waals surface area (Å²) in [5, 5.41) is 30.3. The van der Waals surface area contributed by atoms with Crippen molar-refractivity contribution >= 4 is 11.5 Å². The third kappa shape index (κ3) is 4.15. The highest BCUT2D eigenvalue weighted by Crippen LogP contribution is 2.45. The number of aliphatic hydroxyl groups is 1. The lowest BCUT2D eigenvalue weighted by Gasteiger charge is -2.26. The summed E-state index contributed by atoms with van der Waals surface area (Å²) in [5.74, 6) is -0.366. The number of aliphatic hydroxyl groups excluding tert-OH is 1. The second-order valence-electron chi connectivity index (χ2n) is 6.84. The summed E-state index contributed by atoms with van der Waals surface area (Å²) in [4.78, 5) is 12.4. The molecule has 2 atom stereocenters. The van der Waals surface area contributed by atoms with E-state index < -0.39 is 5.97 Å². The van der Waals surface area contributed by atoms with E-state index in [1.807, 2.05) is 6.92 Å². The second kappa shape index (κ2) is 8.39. The van der Waals surface area contributed by atoms with Crippen LogP contribution in [0.2, 0.25) is 0 Å². The fraction of sp³-hybridized carbons (Fsp3) is 0.550. The maximum atomic E-state index is 12.4. The van der Waals surface area contributed by atoms with Crippen LogP contribution in [-0.4, -0.2) is 34.5 Å². The molecule has 0 heterocycles. The predicted octanol–water partition coefficient (Wildman–Crippen LogP) is 3.65. The smallest absolute Gasteiger partial charge is 0.342 e. The van der Waals surface area contributed by atoms with Gasteiger partial charge < -0.3 is 20.1 Å². The third-order valence-corrected chi connectivity index (χ3v) is 4.75. The Bertz CT molecular complexity index is 663. The number of benzene rings is 1. The molecule has 2 rings (SSSR count). The Morgan fingerprint density at radius 1 is 1.28 bits per heavy atom. The Labute approximate surface area is 149 Å². The summed E-state index contributed by atoms with van der Waals surface area (Å²) in [6.07, 6.45) is 5.38. The molecule has 5 nitrogen and oxygen atoms in total. The van der Waals surface area contributed by atoms with Crippen LogP contribution >= 0.6 is 0 Å². The van der Waals surface area contributed by atoms with Gasteiger partial charge >= 0.3 is 5.97 Å². The van der Waals surface area contributed by atoms with E-state index in [1.165, 1.54) is 0 Å². The first-order valence-corrected chi connectivity index (χ1v) is 8.98. The van der Waals surface area contributed by atoms with Crippen LogP contribution in [0.25, 0.3) is 5.57 Å². The van der Waals surface area contributed by atoms with Crippen molar-refractivity contribution in [1.82, 2.24) is 0 Å². The molecule has 0 aromatic heterocycles. The average molecular weight is 348 g/mol. The van der Waals surface area contributed by atoms with Gasteiger partial charge in [-0.05, 0) is 48.3 Å². The molecule has 0 fully saturated rings. The molecule has 0 saturated carbocycles. The molecule has 1 aromatic carbocycles. The summed E-state index contributed by atoms with van der Waals surface area (Å²) in [7, 11) is 0. The summed E-state index contributed by atoms with van der Waals surface area (Å²) in [6.45, 7) is 5.71. The van der Waals surface area contributed by atoms with Crippen LogP contribution in [0.3, 0.4) is 0 Å². The number of allylic oxidation sites excluding steroid dienone is 2. The lowest BCUT2D eigenvalue weighted by atomic mass is 9.79. The quantitative estimate of drug-likeness (QED) is 0.683. The minimum absolute atomic E-state index is 0.00754. The zero-order valence-electron chi connectivity index (χ0n) is 15.2. The number of phenolic OH excluding ortho intramolecular Hbond substituents is 2. The maximum Gasteiger partial charge on any atom is 0.342 e. The topological polar surface area (TPSA) is 87.0 Å². The SMILES string of the molecule is CCCc1cc(O)c(C2=CC(C)CC[C@H]2C)c(O)c1C(=O)OCCO. The molecule has 0 aliphatic heterocycles. The number of hydrogen-bond acceptors (Lipinski definition) is 5. The Balaban J connectivity index is 2.60. The number of hydrogen-bond donors (Lipinski definition) is 3. The van der Waals surface area contributed by atoms with Gasteiger partial charge in [-0.1, -0.05) is 33.3 Å². The van der Waals surface area contributed by atoms with Gasteiger partial charge in [-0.3, -0.25) is 0 Å². The van der Waals surface area contributed by atoms with Gasteiger partial charge in [-0.25, -0.2) is 4.79 Å². The number of aromatic hydroxyl groups is 2. The van der Waals surface area contributed by atoms with E-state index in [1.54, 1.807) is 6.07 Å². The summed E-state index contributed by atoms with van der Waals surface area (Å²) < 4.78 is 5.03. The molecular formula is C20H28O5. The molecule has 0 spiro atoms. The lowest BCUT2D eigenvalue weighted by Crippen LogP contribution is -2.14. The molecule has 5 heteroatoms. The van der Waals surface area contributed by atoms with Gasteiger partial charge in [-0.15, -0.1) is 0 Å². The summed E-state index contributed by atoms with van der Waals surface area (Å²) in [6, 6.07) is 1.56. The number of carbonyl (C=O) groups is 1. The molecule has 0 saturated heterocycles. The van der Waals surface area contributed by atoms with E-state index in [0.29, 0.717) is 23.5 Å². The number of ether oxygens (including phenoxy) is 1. The zero-order valence-corrected chi connectivity index (χ0v) is 15.2. The van der Waals surface area contributed by atoms with E-state index in [-0.39, 0.29) is 36.2 Å². The first kappa shape index (κ1) is 19.3. The van der Waals surface area contributed by atoms with Crippen LogP contribution in [0.5, 0.6) is 11.5 Å². The predicted molar refractivity (Wildman–Crippen MR) is 96.7 cm³/mol. The fourth-order valence-electron chi connectivity index (χ4n) is 3.45. The van der Waals surface area contributed by atoms with Crippen molar-refractivity contribution in [3.63, 3.8) is 0 Å². The monoisotopic (exact) mass is 348 g/mol.